The number of fused-ring (bicyclic) bond motifs is 1. The van der Waals surface area contributed by atoms with E-state index >= 15 is 0 Å². The molecule has 74 valence electrons. The minimum absolute atomic E-state index is 0.0586. The molecule has 0 bridgehead atoms. The highest BCUT2D eigenvalue weighted by molar-refractivity contribution is 6.02. The van der Waals surface area contributed by atoms with Gasteiger partial charge in [0.1, 0.15) is 0 Å². The maximum atomic E-state index is 11.7. The highest BCUT2D eigenvalue weighted by Gasteiger charge is 2.35. The van der Waals surface area contributed by atoms with Crippen LogP contribution in [-0.2, 0) is 11.2 Å². The first-order valence-corrected chi connectivity index (χ1v) is 4.42. The van der Waals surface area contributed by atoms with Crippen molar-refractivity contribution in [3.63, 3.8) is 0 Å². The molecule has 0 aliphatic heterocycles. The normalized spacial score (nSPS) is 22.1. The Bertz CT molecular complexity index is 364. The van der Waals surface area contributed by atoms with E-state index in [0.717, 1.165) is 5.56 Å². The average Bonchev–Trinajstić information content (AvgIpc) is 2.56. The summed E-state index contributed by atoms with van der Waals surface area (Å²) in [5.41, 5.74) is 1.54. The fourth-order valence-corrected chi connectivity index (χ4v) is 1.75. The molecule has 2 rings (SSSR count). The van der Waals surface area contributed by atoms with Crippen LogP contribution in [0.5, 0.6) is 0 Å². The van der Waals surface area contributed by atoms with Gasteiger partial charge in [-0.3, -0.25) is 9.78 Å². The lowest BCUT2D eigenvalue weighted by Crippen LogP contribution is -2.27. The van der Waals surface area contributed by atoms with Crippen LogP contribution in [0.15, 0.2) is 18.5 Å². The number of pyridine rings is 1. The predicted octanol–water partition coefficient (Wildman–Crippen LogP) is 0.401. The number of nitrogens with zero attached hydrogens (tertiary/aromatic N) is 1. The standard InChI is InChI=1S/C10H11NO3/c1-14-10(13)8-4-6-5-11-3-2-7(6)9(8)12/h2-3,5,8,10,13H,4H2,1H3. The SMILES string of the molecule is COC(O)C1Cc2cnccc2C1=O. The number of Topliss-reactive ketones (excluding diaryl/α,β-unsaturated/α-hetero) is 1. The van der Waals surface area contributed by atoms with Crippen molar-refractivity contribution >= 4 is 5.78 Å². The summed E-state index contributed by atoms with van der Waals surface area (Å²) in [5.74, 6) is -0.532. The zero-order valence-corrected chi connectivity index (χ0v) is 7.80. The average molecular weight is 193 g/mol. The van der Waals surface area contributed by atoms with Gasteiger partial charge in [-0.25, -0.2) is 0 Å². The zero-order valence-electron chi connectivity index (χ0n) is 7.80. The van der Waals surface area contributed by atoms with E-state index in [1.54, 1.807) is 18.5 Å². The Morgan fingerprint density at radius 1 is 1.71 bits per heavy atom. The van der Waals surface area contributed by atoms with Gasteiger partial charge in [-0.1, -0.05) is 0 Å². The maximum Gasteiger partial charge on any atom is 0.171 e. The van der Waals surface area contributed by atoms with Gasteiger partial charge in [-0.05, 0) is 18.1 Å². The predicted molar refractivity (Wildman–Crippen MR) is 48.8 cm³/mol. The molecule has 0 radical (unpaired) electrons. The molecule has 0 aromatic carbocycles. The van der Waals surface area contributed by atoms with Crippen LogP contribution in [0.25, 0.3) is 0 Å². The Morgan fingerprint density at radius 3 is 3.14 bits per heavy atom. The Morgan fingerprint density at radius 2 is 2.50 bits per heavy atom. The molecule has 1 aliphatic rings. The van der Waals surface area contributed by atoms with E-state index in [-0.39, 0.29) is 5.78 Å². The summed E-state index contributed by atoms with van der Waals surface area (Å²) in [6.45, 7) is 0. The van der Waals surface area contributed by atoms with Gasteiger partial charge in [0, 0.05) is 25.1 Å². The monoisotopic (exact) mass is 193 g/mol. The van der Waals surface area contributed by atoms with E-state index in [2.05, 4.69) is 4.98 Å². The van der Waals surface area contributed by atoms with Gasteiger partial charge in [0.2, 0.25) is 0 Å². The van der Waals surface area contributed by atoms with Gasteiger partial charge in [0.05, 0.1) is 5.92 Å². The second-order valence-electron chi connectivity index (χ2n) is 3.33. The molecular weight excluding hydrogens is 182 g/mol. The van der Waals surface area contributed by atoms with Crippen LogP contribution in [0, 0.1) is 5.92 Å². The maximum absolute atomic E-state index is 11.7. The molecule has 0 amide bonds. The van der Waals surface area contributed by atoms with Gasteiger partial charge < -0.3 is 9.84 Å². The fourth-order valence-electron chi connectivity index (χ4n) is 1.75. The lowest BCUT2D eigenvalue weighted by atomic mass is 10.1. The van der Waals surface area contributed by atoms with Crippen molar-refractivity contribution in [2.24, 2.45) is 5.92 Å². The van der Waals surface area contributed by atoms with Crippen LogP contribution in [0.2, 0.25) is 0 Å². The number of hydrogen-bond acceptors (Lipinski definition) is 4. The number of carbonyl (C=O) groups is 1. The summed E-state index contributed by atoms with van der Waals surface area (Å²) >= 11 is 0. The van der Waals surface area contributed by atoms with Gasteiger partial charge in [0.15, 0.2) is 12.1 Å². The molecule has 2 unspecified atom stereocenters. The van der Waals surface area contributed by atoms with Crippen molar-refractivity contribution in [3.8, 4) is 0 Å². The molecule has 0 saturated heterocycles. The Labute approximate surface area is 81.5 Å². The molecule has 1 N–H and O–H groups in total. The van der Waals surface area contributed by atoms with E-state index in [0.29, 0.717) is 12.0 Å². The third kappa shape index (κ3) is 1.32. The quantitative estimate of drug-likeness (QED) is 0.691. The smallest absolute Gasteiger partial charge is 0.171 e. The first-order chi connectivity index (χ1) is 6.74. The van der Waals surface area contributed by atoms with Crippen LogP contribution in [-0.4, -0.2) is 29.3 Å². The molecule has 1 aromatic rings. The summed E-state index contributed by atoms with van der Waals surface area (Å²) in [6.07, 6.45) is 2.74. The minimum atomic E-state index is -1.02. The van der Waals surface area contributed by atoms with Crippen molar-refractivity contribution in [2.75, 3.05) is 7.11 Å². The van der Waals surface area contributed by atoms with Crippen molar-refractivity contribution in [3.05, 3.63) is 29.6 Å². The number of aliphatic hydroxyl groups excluding tert-OH is 1. The van der Waals surface area contributed by atoms with E-state index in [9.17, 15) is 9.90 Å². The van der Waals surface area contributed by atoms with Crippen LogP contribution in [0.1, 0.15) is 15.9 Å². The second-order valence-corrected chi connectivity index (χ2v) is 3.33. The van der Waals surface area contributed by atoms with Crippen LogP contribution in [0.3, 0.4) is 0 Å². The number of rotatable bonds is 2. The summed E-state index contributed by atoms with van der Waals surface area (Å²) < 4.78 is 4.75. The highest BCUT2D eigenvalue weighted by atomic mass is 16.6. The molecule has 4 heteroatoms. The van der Waals surface area contributed by atoms with Crippen LogP contribution < -0.4 is 0 Å². The Hall–Kier alpha value is -1.26. The topological polar surface area (TPSA) is 59.4 Å². The number of aliphatic hydroxyl groups is 1. The first kappa shape index (κ1) is 9.30. The molecule has 0 saturated carbocycles. The van der Waals surface area contributed by atoms with E-state index in [4.69, 9.17) is 4.74 Å². The van der Waals surface area contributed by atoms with Gasteiger partial charge >= 0.3 is 0 Å². The number of ether oxygens (including phenoxy) is 1. The Balaban J connectivity index is 2.30. The lowest BCUT2D eigenvalue weighted by molar-refractivity contribution is -0.0997. The molecule has 1 aromatic heterocycles. The van der Waals surface area contributed by atoms with Gasteiger partial charge in [0.25, 0.3) is 0 Å². The van der Waals surface area contributed by atoms with E-state index in [1.165, 1.54) is 7.11 Å². The molecule has 1 aliphatic carbocycles. The molecule has 4 nitrogen and oxygen atoms in total. The molecule has 0 fully saturated rings. The van der Waals surface area contributed by atoms with Gasteiger partial charge in [-0.2, -0.15) is 0 Å². The van der Waals surface area contributed by atoms with Crippen molar-refractivity contribution in [1.29, 1.82) is 0 Å². The number of carbonyl (C=O) groups excluding carboxylic acids is 1. The Kier molecular flexibility index (Phi) is 2.31. The largest absolute Gasteiger partial charge is 0.367 e. The molecular formula is C10H11NO3. The second kappa shape index (κ2) is 3.48. The first-order valence-electron chi connectivity index (χ1n) is 4.42. The molecule has 0 spiro atoms. The molecule has 2 atom stereocenters. The summed E-state index contributed by atoms with van der Waals surface area (Å²) in [4.78, 5) is 15.7. The molecule has 1 heterocycles. The number of methoxy groups -OCH3 is 1. The third-order valence-electron chi connectivity index (χ3n) is 2.53. The van der Waals surface area contributed by atoms with Crippen LogP contribution >= 0.6 is 0 Å². The summed E-state index contributed by atoms with van der Waals surface area (Å²) in [7, 11) is 1.39. The third-order valence-corrected chi connectivity index (χ3v) is 2.53. The molecule has 14 heavy (non-hydrogen) atoms. The number of ketones is 1. The zero-order chi connectivity index (χ0) is 10.1. The van der Waals surface area contributed by atoms with Crippen molar-refractivity contribution in [1.82, 2.24) is 4.98 Å². The van der Waals surface area contributed by atoms with E-state index in [1.807, 2.05) is 0 Å². The summed E-state index contributed by atoms with van der Waals surface area (Å²) in [6, 6.07) is 1.68. The lowest BCUT2D eigenvalue weighted by Gasteiger charge is -2.13. The fraction of sp³-hybridized carbons (Fsp3) is 0.400. The van der Waals surface area contributed by atoms with Crippen molar-refractivity contribution in [2.45, 2.75) is 12.7 Å². The van der Waals surface area contributed by atoms with Crippen LogP contribution in [0.4, 0.5) is 0 Å². The summed E-state index contributed by atoms with van der Waals surface area (Å²) in [5, 5.41) is 9.44. The van der Waals surface area contributed by atoms with Crippen molar-refractivity contribution < 1.29 is 14.6 Å². The van der Waals surface area contributed by atoms with Gasteiger partial charge in [-0.15, -0.1) is 0 Å². The number of hydrogen-bond donors (Lipinski definition) is 1. The number of aromatic nitrogens is 1. The van der Waals surface area contributed by atoms with E-state index < -0.39 is 12.2 Å². The highest BCUT2D eigenvalue weighted by Crippen LogP contribution is 2.28. The minimum Gasteiger partial charge on any atom is -0.367 e.